The third-order valence-corrected chi connectivity index (χ3v) is 2.53. The number of hydrazone groups is 1. The van der Waals surface area contributed by atoms with Gasteiger partial charge in [0.05, 0.1) is 28.5 Å². The van der Waals surface area contributed by atoms with E-state index in [9.17, 15) is 10.1 Å². The minimum atomic E-state index is -0.455. The highest BCUT2D eigenvalue weighted by molar-refractivity contribution is 5.80. The van der Waals surface area contributed by atoms with Gasteiger partial charge < -0.3 is 0 Å². The van der Waals surface area contributed by atoms with Gasteiger partial charge >= 0.3 is 0 Å². The van der Waals surface area contributed by atoms with Crippen molar-refractivity contribution in [2.24, 2.45) is 5.10 Å². The Hall–Kier alpha value is -3.20. The third kappa shape index (κ3) is 3.40. The van der Waals surface area contributed by atoms with Crippen molar-refractivity contribution in [1.82, 2.24) is 0 Å². The first-order valence-corrected chi connectivity index (χ1v) is 5.73. The summed E-state index contributed by atoms with van der Waals surface area (Å²) < 4.78 is 0. The normalized spacial score (nSPS) is 10.2. The lowest BCUT2D eigenvalue weighted by atomic mass is 10.2. The lowest BCUT2D eigenvalue weighted by Gasteiger charge is -1.99. The van der Waals surface area contributed by atoms with Crippen LogP contribution in [0.2, 0.25) is 0 Å². The van der Waals surface area contributed by atoms with Crippen LogP contribution in [0.4, 0.5) is 11.4 Å². The van der Waals surface area contributed by atoms with Crippen molar-refractivity contribution in [1.29, 1.82) is 5.26 Å². The molecule has 0 aliphatic carbocycles. The smallest absolute Gasteiger partial charge is 0.269 e. The molecule has 2 aromatic carbocycles. The van der Waals surface area contributed by atoms with Gasteiger partial charge in [0.1, 0.15) is 0 Å². The van der Waals surface area contributed by atoms with Crippen molar-refractivity contribution in [2.75, 3.05) is 5.43 Å². The summed E-state index contributed by atoms with van der Waals surface area (Å²) >= 11 is 0. The molecule has 0 amide bonds. The van der Waals surface area contributed by atoms with Gasteiger partial charge in [-0.2, -0.15) is 10.4 Å². The molecule has 0 unspecified atom stereocenters. The van der Waals surface area contributed by atoms with E-state index >= 15 is 0 Å². The number of hydrogen-bond donors (Lipinski definition) is 1. The van der Waals surface area contributed by atoms with Gasteiger partial charge in [0.2, 0.25) is 0 Å². The molecule has 98 valence electrons. The average Bonchev–Trinajstić information content (AvgIpc) is 2.48. The van der Waals surface area contributed by atoms with E-state index in [0.29, 0.717) is 11.3 Å². The Morgan fingerprint density at radius 3 is 2.35 bits per heavy atom. The van der Waals surface area contributed by atoms with E-state index in [-0.39, 0.29) is 5.69 Å². The molecule has 0 aliphatic rings. The fraction of sp³-hybridized carbons (Fsp3) is 0. The van der Waals surface area contributed by atoms with E-state index in [1.165, 1.54) is 12.1 Å². The molecule has 2 aromatic rings. The number of nitriles is 1. The van der Waals surface area contributed by atoms with Gasteiger partial charge in [-0.3, -0.25) is 15.5 Å². The second kappa shape index (κ2) is 6.11. The molecule has 1 N–H and O–H groups in total. The monoisotopic (exact) mass is 266 g/mol. The first-order valence-electron chi connectivity index (χ1n) is 5.73. The van der Waals surface area contributed by atoms with Gasteiger partial charge in [-0.05, 0) is 29.8 Å². The topological polar surface area (TPSA) is 91.3 Å². The van der Waals surface area contributed by atoms with Crippen LogP contribution in [0, 0.1) is 21.4 Å². The van der Waals surface area contributed by atoms with Crippen LogP contribution >= 0.6 is 0 Å². The zero-order valence-electron chi connectivity index (χ0n) is 10.4. The summed E-state index contributed by atoms with van der Waals surface area (Å²) in [7, 11) is 0. The van der Waals surface area contributed by atoms with Crippen LogP contribution in [0.25, 0.3) is 0 Å². The highest BCUT2D eigenvalue weighted by Crippen LogP contribution is 2.15. The van der Waals surface area contributed by atoms with Crippen molar-refractivity contribution in [3.05, 3.63) is 69.8 Å². The Balaban J connectivity index is 1.98. The first kappa shape index (κ1) is 13.2. The van der Waals surface area contributed by atoms with Crippen LogP contribution in [0.5, 0.6) is 0 Å². The predicted molar refractivity (Wildman–Crippen MR) is 75.5 cm³/mol. The fourth-order valence-corrected chi connectivity index (χ4v) is 1.48. The van der Waals surface area contributed by atoms with Crippen molar-refractivity contribution in [3.8, 4) is 6.07 Å². The molecule has 0 radical (unpaired) electrons. The third-order valence-electron chi connectivity index (χ3n) is 2.53. The highest BCUT2D eigenvalue weighted by Gasteiger charge is 2.02. The molecule has 0 saturated carbocycles. The number of nitrogens with zero attached hydrogens (tertiary/aromatic N) is 3. The van der Waals surface area contributed by atoms with Gasteiger partial charge in [0.15, 0.2) is 0 Å². The second-order valence-corrected chi connectivity index (χ2v) is 3.91. The lowest BCUT2D eigenvalue weighted by Crippen LogP contribution is -1.92. The Morgan fingerprint density at radius 1 is 1.15 bits per heavy atom. The maximum Gasteiger partial charge on any atom is 0.269 e. The Bertz CT molecular complexity index is 670. The van der Waals surface area contributed by atoms with E-state index in [2.05, 4.69) is 10.5 Å². The Labute approximate surface area is 115 Å². The van der Waals surface area contributed by atoms with Gasteiger partial charge in [-0.15, -0.1) is 0 Å². The SMILES string of the molecule is N#Cc1ccc(/C=N/Nc2ccc([N+](=O)[O-])cc2)cc1. The molecular weight excluding hydrogens is 256 g/mol. The number of benzene rings is 2. The molecular formula is C14H10N4O2. The summed E-state index contributed by atoms with van der Waals surface area (Å²) in [4.78, 5) is 10.0. The van der Waals surface area contributed by atoms with Crippen LogP contribution in [0.1, 0.15) is 11.1 Å². The molecule has 0 aromatic heterocycles. The summed E-state index contributed by atoms with van der Waals surface area (Å²) in [6.45, 7) is 0. The number of nitro groups is 1. The molecule has 0 fully saturated rings. The van der Waals surface area contributed by atoms with Crippen LogP contribution in [0.15, 0.2) is 53.6 Å². The average molecular weight is 266 g/mol. The number of nitro benzene ring substituents is 1. The second-order valence-electron chi connectivity index (χ2n) is 3.91. The van der Waals surface area contributed by atoms with E-state index in [4.69, 9.17) is 5.26 Å². The summed E-state index contributed by atoms with van der Waals surface area (Å²) in [6, 6.07) is 15.0. The molecule has 0 aliphatic heterocycles. The lowest BCUT2D eigenvalue weighted by molar-refractivity contribution is -0.384. The van der Waals surface area contributed by atoms with Crippen LogP contribution in [-0.4, -0.2) is 11.1 Å². The Kier molecular flexibility index (Phi) is 4.04. The van der Waals surface area contributed by atoms with Gasteiger partial charge in [0.25, 0.3) is 5.69 Å². The standard InChI is InChI=1S/C14H10N4O2/c15-9-11-1-3-12(4-2-11)10-16-17-13-5-7-14(8-6-13)18(19)20/h1-8,10,17H/b16-10+. The van der Waals surface area contributed by atoms with Crippen LogP contribution in [-0.2, 0) is 0 Å². The molecule has 6 nitrogen and oxygen atoms in total. The van der Waals surface area contributed by atoms with E-state index in [1.807, 2.05) is 6.07 Å². The number of non-ortho nitro benzene ring substituents is 1. The minimum Gasteiger partial charge on any atom is -0.278 e. The van der Waals surface area contributed by atoms with Crippen molar-refractivity contribution in [2.45, 2.75) is 0 Å². The van der Waals surface area contributed by atoms with E-state index in [1.54, 1.807) is 42.6 Å². The molecule has 0 atom stereocenters. The maximum absolute atomic E-state index is 10.5. The van der Waals surface area contributed by atoms with Gasteiger partial charge in [-0.25, -0.2) is 0 Å². The molecule has 20 heavy (non-hydrogen) atoms. The number of nitrogens with one attached hydrogen (secondary N) is 1. The molecule has 2 rings (SSSR count). The molecule has 0 heterocycles. The summed E-state index contributed by atoms with van der Waals surface area (Å²) in [5.74, 6) is 0. The molecule has 0 bridgehead atoms. The highest BCUT2D eigenvalue weighted by atomic mass is 16.6. The summed E-state index contributed by atoms with van der Waals surface area (Å²) in [5.41, 5.74) is 4.89. The zero-order chi connectivity index (χ0) is 14.4. The van der Waals surface area contributed by atoms with Crippen molar-refractivity contribution >= 4 is 17.6 Å². The molecule has 6 heteroatoms. The maximum atomic E-state index is 10.5. The van der Waals surface area contributed by atoms with Crippen molar-refractivity contribution in [3.63, 3.8) is 0 Å². The first-order chi connectivity index (χ1) is 9.69. The minimum absolute atomic E-state index is 0.0339. The van der Waals surface area contributed by atoms with Crippen LogP contribution in [0.3, 0.4) is 0 Å². The number of anilines is 1. The Morgan fingerprint density at radius 2 is 1.80 bits per heavy atom. The zero-order valence-corrected chi connectivity index (χ0v) is 10.4. The predicted octanol–water partition coefficient (Wildman–Crippen LogP) is 2.91. The number of rotatable bonds is 4. The van der Waals surface area contributed by atoms with Crippen LogP contribution < -0.4 is 5.43 Å². The molecule has 0 spiro atoms. The quantitative estimate of drug-likeness (QED) is 0.523. The van der Waals surface area contributed by atoms with Gasteiger partial charge in [0, 0.05) is 12.1 Å². The van der Waals surface area contributed by atoms with Crippen molar-refractivity contribution < 1.29 is 4.92 Å². The summed E-state index contributed by atoms with van der Waals surface area (Å²) in [5, 5.41) is 23.2. The van der Waals surface area contributed by atoms with Gasteiger partial charge in [-0.1, -0.05) is 12.1 Å². The summed E-state index contributed by atoms with van der Waals surface area (Å²) in [6.07, 6.45) is 1.60. The fourth-order valence-electron chi connectivity index (χ4n) is 1.48. The van der Waals surface area contributed by atoms with E-state index in [0.717, 1.165) is 5.56 Å². The van der Waals surface area contributed by atoms with E-state index < -0.39 is 4.92 Å². The largest absolute Gasteiger partial charge is 0.278 e. The number of hydrogen-bond acceptors (Lipinski definition) is 5. The molecule has 0 saturated heterocycles.